The SMILES string of the molecule is Cc1cc2cncn2c(C2CCCCN2C(=O)c2ccncc2)n1. The molecule has 6 heteroatoms. The molecule has 0 radical (unpaired) electrons. The smallest absolute Gasteiger partial charge is 0.254 e. The van der Waals surface area contributed by atoms with E-state index >= 15 is 0 Å². The lowest BCUT2D eigenvalue weighted by Crippen LogP contribution is -2.39. The first kappa shape index (κ1) is 14.8. The van der Waals surface area contributed by atoms with Crippen molar-refractivity contribution in [3.8, 4) is 0 Å². The van der Waals surface area contributed by atoms with Gasteiger partial charge in [0.15, 0.2) is 0 Å². The van der Waals surface area contributed by atoms with Gasteiger partial charge in [0.25, 0.3) is 5.91 Å². The van der Waals surface area contributed by atoms with E-state index in [2.05, 4.69) is 9.97 Å². The van der Waals surface area contributed by atoms with Crippen molar-refractivity contribution in [2.75, 3.05) is 6.54 Å². The van der Waals surface area contributed by atoms with E-state index in [1.165, 1.54) is 0 Å². The predicted molar refractivity (Wildman–Crippen MR) is 89.6 cm³/mol. The topological polar surface area (TPSA) is 63.4 Å². The summed E-state index contributed by atoms with van der Waals surface area (Å²) in [5, 5.41) is 0. The zero-order chi connectivity index (χ0) is 16.5. The van der Waals surface area contributed by atoms with Crippen LogP contribution < -0.4 is 0 Å². The van der Waals surface area contributed by atoms with Crippen LogP contribution in [0.2, 0.25) is 0 Å². The number of rotatable bonds is 2. The molecule has 0 aromatic carbocycles. The maximum atomic E-state index is 13.0. The second kappa shape index (κ2) is 6.03. The number of aryl methyl sites for hydroxylation is 1. The Morgan fingerprint density at radius 3 is 2.88 bits per heavy atom. The second-order valence-corrected chi connectivity index (χ2v) is 6.19. The molecule has 122 valence electrons. The molecule has 1 unspecified atom stereocenters. The van der Waals surface area contributed by atoms with Crippen LogP contribution in [0, 0.1) is 6.92 Å². The number of hydrogen-bond donors (Lipinski definition) is 0. The lowest BCUT2D eigenvalue weighted by Gasteiger charge is -2.35. The zero-order valence-electron chi connectivity index (χ0n) is 13.6. The first-order valence-corrected chi connectivity index (χ1v) is 8.24. The van der Waals surface area contributed by atoms with Crippen LogP contribution >= 0.6 is 0 Å². The third-order valence-electron chi connectivity index (χ3n) is 4.55. The van der Waals surface area contributed by atoms with Crippen molar-refractivity contribution >= 4 is 11.4 Å². The summed E-state index contributed by atoms with van der Waals surface area (Å²) < 4.78 is 2.00. The fourth-order valence-electron chi connectivity index (χ4n) is 3.42. The summed E-state index contributed by atoms with van der Waals surface area (Å²) in [6.45, 7) is 2.73. The molecule has 3 aromatic rings. The molecule has 0 aliphatic carbocycles. The molecule has 24 heavy (non-hydrogen) atoms. The number of fused-ring (bicyclic) bond motifs is 1. The van der Waals surface area contributed by atoms with Crippen LogP contribution in [0.1, 0.15) is 47.2 Å². The Morgan fingerprint density at radius 1 is 1.21 bits per heavy atom. The summed E-state index contributed by atoms with van der Waals surface area (Å²) in [4.78, 5) is 27.9. The highest BCUT2D eigenvalue weighted by Gasteiger charge is 2.31. The van der Waals surface area contributed by atoms with E-state index in [1.54, 1.807) is 30.9 Å². The maximum absolute atomic E-state index is 13.0. The van der Waals surface area contributed by atoms with Crippen LogP contribution in [0.3, 0.4) is 0 Å². The van der Waals surface area contributed by atoms with E-state index in [0.29, 0.717) is 5.56 Å². The lowest BCUT2D eigenvalue weighted by atomic mass is 10.00. The van der Waals surface area contributed by atoms with Gasteiger partial charge in [-0.15, -0.1) is 0 Å². The number of carbonyl (C=O) groups is 1. The molecule has 0 spiro atoms. The summed E-state index contributed by atoms with van der Waals surface area (Å²) in [5.41, 5.74) is 2.63. The molecule has 1 atom stereocenters. The number of aromatic nitrogens is 4. The standard InChI is InChI=1S/C18H19N5O/c1-13-10-15-11-20-12-23(15)17(21-13)16-4-2-3-9-22(16)18(24)14-5-7-19-8-6-14/h5-8,10-12,16H,2-4,9H2,1H3. The zero-order valence-corrected chi connectivity index (χ0v) is 13.6. The molecule has 0 N–H and O–H groups in total. The van der Waals surface area contributed by atoms with E-state index < -0.39 is 0 Å². The Hall–Kier alpha value is -2.76. The first-order chi connectivity index (χ1) is 11.7. The summed E-state index contributed by atoms with van der Waals surface area (Å²) in [7, 11) is 0. The van der Waals surface area contributed by atoms with Crippen LogP contribution in [0.4, 0.5) is 0 Å². The van der Waals surface area contributed by atoms with Crippen LogP contribution in [-0.4, -0.2) is 36.7 Å². The summed E-state index contributed by atoms with van der Waals surface area (Å²) >= 11 is 0. The molecule has 4 heterocycles. The molecule has 1 amide bonds. The summed E-state index contributed by atoms with van der Waals surface area (Å²) in [5.74, 6) is 0.934. The van der Waals surface area contributed by atoms with Gasteiger partial charge in [0.1, 0.15) is 12.2 Å². The molecule has 6 nitrogen and oxygen atoms in total. The third-order valence-corrected chi connectivity index (χ3v) is 4.55. The molecule has 3 aromatic heterocycles. The number of pyridine rings is 1. The van der Waals surface area contributed by atoms with Crippen molar-refractivity contribution in [1.29, 1.82) is 0 Å². The number of hydrogen-bond acceptors (Lipinski definition) is 4. The lowest BCUT2D eigenvalue weighted by molar-refractivity contribution is 0.0598. The average Bonchev–Trinajstić information content (AvgIpc) is 3.09. The Labute approximate surface area is 140 Å². The molecule has 4 rings (SSSR count). The van der Waals surface area contributed by atoms with Gasteiger partial charge >= 0.3 is 0 Å². The van der Waals surface area contributed by atoms with Gasteiger partial charge in [0.2, 0.25) is 0 Å². The molecule has 0 bridgehead atoms. The van der Waals surface area contributed by atoms with Crippen LogP contribution in [0.25, 0.3) is 5.52 Å². The van der Waals surface area contributed by atoms with Crippen molar-refractivity contribution in [1.82, 2.24) is 24.3 Å². The third kappa shape index (κ3) is 2.54. The first-order valence-electron chi connectivity index (χ1n) is 8.24. The van der Waals surface area contributed by atoms with E-state index in [-0.39, 0.29) is 11.9 Å². The van der Waals surface area contributed by atoms with E-state index in [9.17, 15) is 4.79 Å². The summed E-state index contributed by atoms with van der Waals surface area (Å²) in [6.07, 6.45) is 9.95. The van der Waals surface area contributed by atoms with Gasteiger partial charge in [0, 0.05) is 30.2 Å². The van der Waals surface area contributed by atoms with Gasteiger partial charge in [-0.3, -0.25) is 14.2 Å². The number of piperidine rings is 1. The Bertz CT molecular complexity index is 874. The Balaban J connectivity index is 1.77. The minimum atomic E-state index is -0.0315. The molecule has 1 saturated heterocycles. The number of carbonyl (C=O) groups excluding carboxylic acids is 1. The number of likely N-dealkylation sites (tertiary alicyclic amines) is 1. The quantitative estimate of drug-likeness (QED) is 0.728. The number of amides is 1. The highest BCUT2D eigenvalue weighted by molar-refractivity contribution is 5.94. The predicted octanol–water partition coefficient (Wildman–Crippen LogP) is 2.80. The van der Waals surface area contributed by atoms with Crippen LogP contribution in [0.15, 0.2) is 43.1 Å². The largest absolute Gasteiger partial charge is 0.328 e. The van der Waals surface area contributed by atoms with Gasteiger partial charge < -0.3 is 4.90 Å². The van der Waals surface area contributed by atoms with Gasteiger partial charge in [-0.1, -0.05) is 0 Å². The Morgan fingerprint density at radius 2 is 2.04 bits per heavy atom. The Kier molecular flexibility index (Phi) is 3.72. The fraction of sp³-hybridized carbons (Fsp3) is 0.333. The molecular formula is C18H19N5O. The van der Waals surface area contributed by atoms with Gasteiger partial charge in [-0.2, -0.15) is 0 Å². The van der Waals surface area contributed by atoms with Crippen molar-refractivity contribution in [2.24, 2.45) is 0 Å². The minimum Gasteiger partial charge on any atom is -0.328 e. The monoisotopic (exact) mass is 321 g/mol. The summed E-state index contributed by atoms with van der Waals surface area (Å²) in [6, 6.07) is 5.51. The van der Waals surface area contributed by atoms with Crippen LogP contribution in [0.5, 0.6) is 0 Å². The number of nitrogens with zero attached hydrogens (tertiary/aromatic N) is 5. The second-order valence-electron chi connectivity index (χ2n) is 6.19. The minimum absolute atomic E-state index is 0.0315. The highest BCUT2D eigenvalue weighted by atomic mass is 16.2. The molecule has 1 aliphatic heterocycles. The molecular weight excluding hydrogens is 302 g/mol. The normalized spacial score (nSPS) is 18.0. The van der Waals surface area contributed by atoms with Crippen molar-refractivity contribution in [2.45, 2.75) is 32.2 Å². The van der Waals surface area contributed by atoms with Gasteiger partial charge in [-0.05, 0) is 44.4 Å². The molecule has 0 saturated carbocycles. The van der Waals surface area contributed by atoms with Gasteiger partial charge in [-0.25, -0.2) is 9.97 Å². The van der Waals surface area contributed by atoms with Crippen molar-refractivity contribution < 1.29 is 4.79 Å². The fourth-order valence-corrected chi connectivity index (χ4v) is 3.42. The average molecular weight is 321 g/mol. The van der Waals surface area contributed by atoms with Crippen LogP contribution in [-0.2, 0) is 0 Å². The van der Waals surface area contributed by atoms with Crippen molar-refractivity contribution in [3.63, 3.8) is 0 Å². The highest BCUT2D eigenvalue weighted by Crippen LogP contribution is 2.31. The number of imidazole rings is 1. The van der Waals surface area contributed by atoms with E-state index in [0.717, 1.165) is 42.8 Å². The molecule has 1 aliphatic rings. The van der Waals surface area contributed by atoms with E-state index in [4.69, 9.17) is 4.98 Å². The molecule has 1 fully saturated rings. The van der Waals surface area contributed by atoms with Crippen molar-refractivity contribution in [3.05, 3.63) is 60.2 Å². The maximum Gasteiger partial charge on any atom is 0.254 e. The van der Waals surface area contributed by atoms with Gasteiger partial charge in [0.05, 0.1) is 17.8 Å². The van der Waals surface area contributed by atoms with E-state index in [1.807, 2.05) is 28.5 Å².